The normalized spacial score (nSPS) is 10.7. The number of benzene rings is 2. The first-order valence-corrected chi connectivity index (χ1v) is 9.05. The molecule has 0 unspecified atom stereocenters. The summed E-state index contributed by atoms with van der Waals surface area (Å²) in [4.78, 5) is 0. The van der Waals surface area contributed by atoms with Gasteiger partial charge in [0, 0.05) is 6.54 Å². The van der Waals surface area contributed by atoms with Crippen LogP contribution in [0.25, 0.3) is 0 Å². The molecular weight excluding hydrogens is 341 g/mol. The zero-order valence-electron chi connectivity index (χ0n) is 14.8. The molecule has 2 rings (SSSR count). The summed E-state index contributed by atoms with van der Waals surface area (Å²) in [5.74, 6) is 0.881. The van der Waals surface area contributed by atoms with E-state index in [0.29, 0.717) is 29.7 Å². The van der Waals surface area contributed by atoms with Crippen LogP contribution >= 0.6 is 11.6 Å². The quantitative estimate of drug-likeness (QED) is 0.576. The molecule has 0 amide bonds. The maximum Gasteiger partial charge on any atom is 0.180 e. The van der Waals surface area contributed by atoms with Crippen LogP contribution in [0, 0.1) is 5.82 Å². The molecule has 1 N–H and O–H groups in total. The van der Waals surface area contributed by atoms with E-state index in [2.05, 4.69) is 12.2 Å². The second-order valence-electron chi connectivity index (χ2n) is 5.78. The largest absolute Gasteiger partial charge is 0.490 e. The maximum absolute atomic E-state index is 13.0. The number of halogens is 2. The lowest BCUT2D eigenvalue weighted by molar-refractivity contribution is 0.269. The van der Waals surface area contributed by atoms with Gasteiger partial charge in [-0.25, -0.2) is 4.39 Å². The molecule has 0 saturated carbocycles. The van der Waals surface area contributed by atoms with Crippen LogP contribution in [0.3, 0.4) is 0 Å². The predicted octanol–water partition coefficient (Wildman–Crippen LogP) is 5.35. The maximum atomic E-state index is 13.0. The molecule has 0 aliphatic carbocycles. The Morgan fingerprint density at radius 3 is 2.48 bits per heavy atom. The van der Waals surface area contributed by atoms with Gasteiger partial charge in [0.25, 0.3) is 0 Å². The van der Waals surface area contributed by atoms with Crippen molar-refractivity contribution in [2.24, 2.45) is 0 Å². The summed E-state index contributed by atoms with van der Waals surface area (Å²) in [5, 5.41) is 3.91. The Labute approximate surface area is 154 Å². The Kier molecular flexibility index (Phi) is 8.02. The van der Waals surface area contributed by atoms with Gasteiger partial charge in [-0.1, -0.05) is 37.1 Å². The zero-order valence-corrected chi connectivity index (χ0v) is 15.5. The van der Waals surface area contributed by atoms with E-state index in [4.69, 9.17) is 21.1 Å². The summed E-state index contributed by atoms with van der Waals surface area (Å²) in [7, 11) is 0. The van der Waals surface area contributed by atoms with Gasteiger partial charge in [0.05, 0.1) is 11.6 Å². The van der Waals surface area contributed by atoms with Gasteiger partial charge in [0.1, 0.15) is 12.4 Å². The lowest BCUT2D eigenvalue weighted by Crippen LogP contribution is -2.14. The summed E-state index contributed by atoms with van der Waals surface area (Å²) in [6, 6.07) is 10.0. The number of rotatable bonds is 10. The van der Waals surface area contributed by atoms with Crippen LogP contribution in [0.15, 0.2) is 36.4 Å². The molecule has 0 radical (unpaired) electrons. The summed E-state index contributed by atoms with van der Waals surface area (Å²) < 4.78 is 24.5. The minimum Gasteiger partial charge on any atom is -0.490 e. The van der Waals surface area contributed by atoms with E-state index in [1.807, 2.05) is 19.1 Å². The fourth-order valence-electron chi connectivity index (χ4n) is 2.40. The third-order valence-corrected chi connectivity index (χ3v) is 3.98. The number of unbranched alkanes of at least 4 members (excludes halogenated alkanes) is 1. The summed E-state index contributed by atoms with van der Waals surface area (Å²) >= 11 is 6.41. The fourth-order valence-corrected chi connectivity index (χ4v) is 2.68. The van der Waals surface area contributed by atoms with Crippen LogP contribution in [0.1, 0.15) is 37.8 Å². The highest BCUT2D eigenvalue weighted by molar-refractivity contribution is 6.32. The Morgan fingerprint density at radius 2 is 1.80 bits per heavy atom. The molecule has 25 heavy (non-hydrogen) atoms. The van der Waals surface area contributed by atoms with Crippen LogP contribution in [-0.4, -0.2) is 13.2 Å². The van der Waals surface area contributed by atoms with Crippen LogP contribution < -0.4 is 14.8 Å². The molecule has 136 valence electrons. The minimum atomic E-state index is -0.267. The second-order valence-corrected chi connectivity index (χ2v) is 6.19. The number of nitrogens with one attached hydrogen (secondary N) is 1. The lowest BCUT2D eigenvalue weighted by Gasteiger charge is -2.16. The molecule has 0 aliphatic rings. The molecule has 0 aliphatic heterocycles. The van der Waals surface area contributed by atoms with E-state index in [0.717, 1.165) is 37.1 Å². The van der Waals surface area contributed by atoms with E-state index in [1.165, 1.54) is 12.1 Å². The first-order chi connectivity index (χ1) is 12.1. The first kappa shape index (κ1) is 19.5. The van der Waals surface area contributed by atoms with Crippen LogP contribution in [0.2, 0.25) is 5.02 Å². The van der Waals surface area contributed by atoms with Gasteiger partial charge < -0.3 is 14.8 Å². The van der Waals surface area contributed by atoms with E-state index in [1.54, 1.807) is 12.1 Å². The van der Waals surface area contributed by atoms with E-state index in [-0.39, 0.29) is 5.82 Å². The topological polar surface area (TPSA) is 30.5 Å². The standard InChI is InChI=1S/C20H25ClFNO2/c1-3-5-10-23-13-16-11-18(21)20(19(12-16)24-4-2)25-14-15-6-8-17(22)9-7-15/h6-9,11-12,23H,3-5,10,13-14H2,1-2H3. The Morgan fingerprint density at radius 1 is 1.04 bits per heavy atom. The van der Waals surface area contributed by atoms with Gasteiger partial charge in [-0.15, -0.1) is 0 Å². The summed E-state index contributed by atoms with van der Waals surface area (Å²) in [6.45, 7) is 6.62. The third kappa shape index (κ3) is 6.22. The highest BCUT2D eigenvalue weighted by Gasteiger charge is 2.13. The van der Waals surface area contributed by atoms with Crippen molar-refractivity contribution in [1.29, 1.82) is 0 Å². The highest BCUT2D eigenvalue weighted by Crippen LogP contribution is 2.37. The summed E-state index contributed by atoms with van der Waals surface area (Å²) in [5.41, 5.74) is 1.92. The third-order valence-electron chi connectivity index (χ3n) is 3.70. The van der Waals surface area contributed by atoms with Crippen molar-refractivity contribution in [2.75, 3.05) is 13.2 Å². The van der Waals surface area contributed by atoms with Crippen molar-refractivity contribution in [1.82, 2.24) is 5.32 Å². The highest BCUT2D eigenvalue weighted by atomic mass is 35.5. The Balaban J connectivity index is 2.08. The Bertz CT molecular complexity index is 661. The van der Waals surface area contributed by atoms with E-state index >= 15 is 0 Å². The van der Waals surface area contributed by atoms with Gasteiger partial charge in [-0.05, 0) is 55.3 Å². The van der Waals surface area contributed by atoms with Crippen molar-refractivity contribution in [3.05, 3.63) is 58.4 Å². The average molecular weight is 366 g/mol. The molecule has 0 spiro atoms. The second kappa shape index (κ2) is 10.3. The van der Waals surface area contributed by atoms with Gasteiger partial charge in [0.2, 0.25) is 0 Å². The minimum absolute atomic E-state index is 0.267. The smallest absolute Gasteiger partial charge is 0.180 e. The SMILES string of the molecule is CCCCNCc1cc(Cl)c(OCc2ccc(F)cc2)c(OCC)c1. The lowest BCUT2D eigenvalue weighted by atomic mass is 10.2. The number of hydrogen-bond acceptors (Lipinski definition) is 3. The molecule has 0 fully saturated rings. The van der Waals surface area contributed by atoms with Crippen molar-refractivity contribution in [3.63, 3.8) is 0 Å². The van der Waals surface area contributed by atoms with Crippen LogP contribution in [0.4, 0.5) is 4.39 Å². The monoisotopic (exact) mass is 365 g/mol. The van der Waals surface area contributed by atoms with Crippen molar-refractivity contribution in [3.8, 4) is 11.5 Å². The molecule has 0 saturated heterocycles. The van der Waals surface area contributed by atoms with Gasteiger partial charge in [0.15, 0.2) is 11.5 Å². The fraction of sp³-hybridized carbons (Fsp3) is 0.400. The molecule has 0 heterocycles. The zero-order chi connectivity index (χ0) is 18.1. The van der Waals surface area contributed by atoms with E-state index < -0.39 is 0 Å². The molecule has 0 atom stereocenters. The molecule has 0 bridgehead atoms. The number of hydrogen-bond donors (Lipinski definition) is 1. The molecule has 5 heteroatoms. The molecule has 3 nitrogen and oxygen atoms in total. The van der Waals surface area contributed by atoms with Crippen molar-refractivity contribution >= 4 is 11.6 Å². The summed E-state index contributed by atoms with van der Waals surface area (Å²) in [6.07, 6.45) is 2.30. The molecule has 0 aromatic heterocycles. The van der Waals surface area contributed by atoms with Gasteiger partial charge >= 0.3 is 0 Å². The number of ether oxygens (including phenoxy) is 2. The average Bonchev–Trinajstić information content (AvgIpc) is 2.60. The molecular formula is C20H25ClFNO2. The van der Waals surface area contributed by atoms with Crippen LogP contribution in [-0.2, 0) is 13.2 Å². The molecule has 2 aromatic rings. The van der Waals surface area contributed by atoms with Crippen molar-refractivity contribution < 1.29 is 13.9 Å². The van der Waals surface area contributed by atoms with E-state index in [9.17, 15) is 4.39 Å². The van der Waals surface area contributed by atoms with Crippen LogP contribution in [0.5, 0.6) is 11.5 Å². The van der Waals surface area contributed by atoms with Crippen molar-refractivity contribution in [2.45, 2.75) is 39.8 Å². The molecule has 2 aromatic carbocycles. The predicted molar refractivity (Wildman–Crippen MR) is 100.0 cm³/mol. The first-order valence-electron chi connectivity index (χ1n) is 8.67. The Hall–Kier alpha value is -1.78. The van der Waals surface area contributed by atoms with Gasteiger partial charge in [-0.3, -0.25) is 0 Å². The van der Waals surface area contributed by atoms with Gasteiger partial charge in [-0.2, -0.15) is 0 Å².